The molecule has 116 valence electrons. The van der Waals surface area contributed by atoms with Gasteiger partial charge in [-0.3, -0.25) is 0 Å². The van der Waals surface area contributed by atoms with Gasteiger partial charge in [0.1, 0.15) is 12.4 Å². The molecule has 6 nitrogen and oxygen atoms in total. The number of nitrogens with zero attached hydrogens (tertiary/aromatic N) is 4. The molecule has 2 heterocycles. The zero-order valence-corrected chi connectivity index (χ0v) is 13.2. The van der Waals surface area contributed by atoms with E-state index in [1.165, 1.54) is 0 Å². The Bertz CT molecular complexity index is 761. The molecule has 2 aromatic heterocycles. The molecule has 0 aliphatic rings. The van der Waals surface area contributed by atoms with Gasteiger partial charge in [0.25, 0.3) is 0 Å². The molecule has 0 saturated heterocycles. The van der Waals surface area contributed by atoms with Crippen LogP contribution < -0.4 is 5.32 Å². The number of imidazole rings is 1. The van der Waals surface area contributed by atoms with Crippen molar-refractivity contribution in [1.82, 2.24) is 25.0 Å². The quantitative estimate of drug-likeness (QED) is 0.755. The summed E-state index contributed by atoms with van der Waals surface area (Å²) >= 11 is 0. The van der Waals surface area contributed by atoms with E-state index < -0.39 is 0 Å². The molecule has 3 aromatic rings. The van der Waals surface area contributed by atoms with Gasteiger partial charge in [-0.15, -0.1) is 0 Å². The predicted molar refractivity (Wildman–Crippen MR) is 84.7 cm³/mol. The number of hydrogen-bond acceptors (Lipinski definition) is 5. The molecule has 22 heavy (non-hydrogen) atoms. The maximum absolute atomic E-state index is 5.39. The summed E-state index contributed by atoms with van der Waals surface area (Å²) in [5, 5.41) is 7.23. The van der Waals surface area contributed by atoms with Crippen molar-refractivity contribution in [2.24, 2.45) is 0 Å². The molecule has 0 radical (unpaired) electrons. The Morgan fingerprint density at radius 3 is 2.86 bits per heavy atom. The van der Waals surface area contributed by atoms with Crippen LogP contribution in [0.5, 0.6) is 0 Å². The van der Waals surface area contributed by atoms with E-state index in [9.17, 15) is 0 Å². The maximum Gasteiger partial charge on any atom is 0.246 e. The highest BCUT2D eigenvalue weighted by Gasteiger charge is 2.14. The van der Waals surface area contributed by atoms with Crippen LogP contribution in [-0.2, 0) is 19.4 Å². The lowest BCUT2D eigenvalue weighted by atomic mass is 10.2. The number of fused-ring (bicyclic) bond motifs is 1. The number of aromatic nitrogens is 4. The first-order valence-corrected chi connectivity index (χ1v) is 7.64. The fourth-order valence-corrected chi connectivity index (χ4v) is 2.52. The van der Waals surface area contributed by atoms with Crippen molar-refractivity contribution in [1.29, 1.82) is 0 Å². The molecule has 1 aromatic carbocycles. The molecule has 0 saturated carbocycles. The lowest BCUT2D eigenvalue weighted by Crippen LogP contribution is -2.24. The van der Waals surface area contributed by atoms with Gasteiger partial charge in [0.2, 0.25) is 5.89 Å². The van der Waals surface area contributed by atoms with E-state index in [0.717, 1.165) is 35.5 Å². The second-order valence-corrected chi connectivity index (χ2v) is 5.45. The van der Waals surface area contributed by atoms with Gasteiger partial charge in [0.05, 0.1) is 11.0 Å². The van der Waals surface area contributed by atoms with E-state index in [0.29, 0.717) is 18.5 Å². The van der Waals surface area contributed by atoms with E-state index in [-0.39, 0.29) is 0 Å². The Hall–Kier alpha value is -2.21. The van der Waals surface area contributed by atoms with E-state index in [2.05, 4.69) is 44.9 Å². The summed E-state index contributed by atoms with van der Waals surface area (Å²) in [5.74, 6) is 2.39. The Balaban J connectivity index is 1.87. The molecule has 1 N–H and O–H groups in total. The second kappa shape index (κ2) is 6.27. The minimum Gasteiger partial charge on any atom is -0.337 e. The molecule has 1 unspecified atom stereocenters. The van der Waals surface area contributed by atoms with Crippen molar-refractivity contribution >= 4 is 11.0 Å². The van der Waals surface area contributed by atoms with Crippen LogP contribution in [-0.4, -0.2) is 32.8 Å². The standard InChI is InChI=1S/C16H21N5O/c1-4-15-18-12-7-5-6-8-13(12)21(15)10-16-19-14(20-22-16)9-11(2)17-3/h5-8,11,17H,4,9-10H2,1-3H3. The highest BCUT2D eigenvalue weighted by atomic mass is 16.5. The van der Waals surface area contributed by atoms with Gasteiger partial charge >= 0.3 is 0 Å². The largest absolute Gasteiger partial charge is 0.337 e. The van der Waals surface area contributed by atoms with Crippen LogP contribution in [0.2, 0.25) is 0 Å². The first-order valence-electron chi connectivity index (χ1n) is 7.64. The Kier molecular flexibility index (Phi) is 4.20. The lowest BCUT2D eigenvalue weighted by molar-refractivity contribution is 0.364. The number of nitrogens with one attached hydrogen (secondary N) is 1. The topological polar surface area (TPSA) is 68.8 Å². The summed E-state index contributed by atoms with van der Waals surface area (Å²) in [6.07, 6.45) is 1.62. The van der Waals surface area contributed by atoms with E-state index in [1.807, 2.05) is 25.2 Å². The van der Waals surface area contributed by atoms with Crippen molar-refractivity contribution in [3.8, 4) is 0 Å². The molecule has 0 aliphatic heterocycles. The third-order valence-corrected chi connectivity index (χ3v) is 3.83. The zero-order valence-electron chi connectivity index (χ0n) is 13.2. The van der Waals surface area contributed by atoms with Crippen molar-refractivity contribution in [2.75, 3.05) is 7.05 Å². The van der Waals surface area contributed by atoms with Crippen LogP contribution in [0.25, 0.3) is 11.0 Å². The van der Waals surface area contributed by atoms with Crippen molar-refractivity contribution < 1.29 is 4.52 Å². The molecule has 0 fully saturated rings. The molecule has 3 rings (SSSR count). The SMILES string of the molecule is CCc1nc2ccccc2n1Cc1nc(CC(C)NC)no1. The highest BCUT2D eigenvalue weighted by molar-refractivity contribution is 5.75. The van der Waals surface area contributed by atoms with Gasteiger partial charge in [0, 0.05) is 18.9 Å². The molecule has 0 aliphatic carbocycles. The van der Waals surface area contributed by atoms with E-state index >= 15 is 0 Å². The Labute approximate surface area is 129 Å². The van der Waals surface area contributed by atoms with Crippen molar-refractivity contribution in [3.63, 3.8) is 0 Å². The number of benzene rings is 1. The van der Waals surface area contributed by atoms with Gasteiger partial charge in [-0.2, -0.15) is 4.98 Å². The number of rotatable bonds is 6. The van der Waals surface area contributed by atoms with Crippen LogP contribution in [0.15, 0.2) is 28.8 Å². The molecule has 1 atom stereocenters. The average Bonchev–Trinajstić information content (AvgIpc) is 3.12. The summed E-state index contributed by atoms with van der Waals surface area (Å²) in [4.78, 5) is 9.15. The van der Waals surface area contributed by atoms with Crippen LogP contribution in [0.1, 0.15) is 31.4 Å². The molecular weight excluding hydrogens is 278 g/mol. The Morgan fingerprint density at radius 2 is 2.09 bits per heavy atom. The first-order chi connectivity index (χ1) is 10.7. The lowest BCUT2D eigenvalue weighted by Gasteiger charge is -2.05. The zero-order chi connectivity index (χ0) is 15.5. The van der Waals surface area contributed by atoms with Crippen LogP contribution >= 0.6 is 0 Å². The Morgan fingerprint density at radius 1 is 1.27 bits per heavy atom. The third-order valence-electron chi connectivity index (χ3n) is 3.83. The van der Waals surface area contributed by atoms with E-state index in [1.54, 1.807) is 0 Å². The summed E-state index contributed by atoms with van der Waals surface area (Å²) < 4.78 is 7.54. The fraction of sp³-hybridized carbons (Fsp3) is 0.438. The number of para-hydroxylation sites is 2. The van der Waals surface area contributed by atoms with Crippen molar-refractivity contribution in [3.05, 3.63) is 41.8 Å². The van der Waals surface area contributed by atoms with Crippen LogP contribution in [0.3, 0.4) is 0 Å². The van der Waals surface area contributed by atoms with Crippen LogP contribution in [0, 0.1) is 0 Å². The smallest absolute Gasteiger partial charge is 0.246 e. The van der Waals surface area contributed by atoms with Gasteiger partial charge in [-0.05, 0) is 26.1 Å². The third kappa shape index (κ3) is 2.87. The average molecular weight is 299 g/mol. The monoisotopic (exact) mass is 299 g/mol. The maximum atomic E-state index is 5.39. The van der Waals surface area contributed by atoms with Gasteiger partial charge in [-0.1, -0.05) is 24.2 Å². The van der Waals surface area contributed by atoms with Gasteiger partial charge in [-0.25, -0.2) is 4.98 Å². The van der Waals surface area contributed by atoms with Crippen molar-refractivity contribution in [2.45, 2.75) is 39.3 Å². The molecule has 0 spiro atoms. The normalized spacial score (nSPS) is 12.9. The van der Waals surface area contributed by atoms with E-state index in [4.69, 9.17) is 4.52 Å². The number of likely N-dealkylation sites (N-methyl/N-ethyl adjacent to an activating group) is 1. The minimum atomic E-state index is 0.325. The molecular formula is C16H21N5O. The van der Waals surface area contributed by atoms with Gasteiger partial charge in [0.15, 0.2) is 5.82 Å². The molecule has 0 amide bonds. The summed E-state index contributed by atoms with van der Waals surface area (Å²) in [6, 6.07) is 8.45. The molecule has 0 bridgehead atoms. The summed E-state index contributed by atoms with van der Waals surface area (Å²) in [7, 11) is 1.93. The molecule has 6 heteroatoms. The predicted octanol–water partition coefficient (Wildman–Crippen LogP) is 2.18. The fourth-order valence-electron chi connectivity index (χ4n) is 2.52. The second-order valence-electron chi connectivity index (χ2n) is 5.45. The first kappa shape index (κ1) is 14.7. The van der Waals surface area contributed by atoms with Gasteiger partial charge < -0.3 is 14.4 Å². The number of aryl methyl sites for hydroxylation is 1. The highest BCUT2D eigenvalue weighted by Crippen LogP contribution is 2.18. The summed E-state index contributed by atoms with van der Waals surface area (Å²) in [5.41, 5.74) is 2.10. The van der Waals surface area contributed by atoms with Crippen LogP contribution in [0.4, 0.5) is 0 Å². The minimum absolute atomic E-state index is 0.325. The number of hydrogen-bond donors (Lipinski definition) is 1. The summed E-state index contributed by atoms with van der Waals surface area (Å²) in [6.45, 7) is 4.75.